The van der Waals surface area contributed by atoms with Gasteiger partial charge in [0.25, 0.3) is 5.91 Å². The lowest BCUT2D eigenvalue weighted by molar-refractivity contribution is 0.0752. The normalized spacial score (nSPS) is 17.8. The van der Waals surface area contributed by atoms with Gasteiger partial charge < -0.3 is 14.4 Å². The number of carbonyl (C=O) groups excluding carboxylic acids is 1. The summed E-state index contributed by atoms with van der Waals surface area (Å²) in [6, 6.07) is 0. The Morgan fingerprint density at radius 3 is 2.89 bits per heavy atom. The third-order valence-corrected chi connectivity index (χ3v) is 3.48. The van der Waals surface area contributed by atoms with Crippen LogP contribution in [0.3, 0.4) is 0 Å². The number of imidazole rings is 1. The van der Waals surface area contributed by atoms with Crippen molar-refractivity contribution in [1.29, 1.82) is 0 Å². The Balaban J connectivity index is 1.98. The third kappa shape index (κ3) is 3.03. The van der Waals surface area contributed by atoms with Crippen molar-refractivity contribution < 1.29 is 4.79 Å². The van der Waals surface area contributed by atoms with Crippen LogP contribution in [-0.2, 0) is 7.05 Å². The molecule has 2 heterocycles. The van der Waals surface area contributed by atoms with Crippen molar-refractivity contribution in [2.75, 3.05) is 38.6 Å². The Bertz CT molecular complexity index is 407. The molecule has 0 spiro atoms. The van der Waals surface area contributed by atoms with E-state index in [0.717, 1.165) is 39.1 Å². The topological polar surface area (TPSA) is 41.4 Å². The van der Waals surface area contributed by atoms with E-state index >= 15 is 0 Å². The van der Waals surface area contributed by atoms with Crippen LogP contribution in [0.25, 0.3) is 0 Å². The average molecular weight is 271 g/mol. The molecule has 18 heavy (non-hydrogen) atoms. The van der Waals surface area contributed by atoms with E-state index in [-0.39, 0.29) is 5.91 Å². The number of aromatic nitrogens is 2. The van der Waals surface area contributed by atoms with Crippen LogP contribution in [0.5, 0.6) is 0 Å². The number of carbonyl (C=O) groups is 1. The van der Waals surface area contributed by atoms with Gasteiger partial charge in [0.1, 0.15) is 5.69 Å². The van der Waals surface area contributed by atoms with Crippen LogP contribution in [0.4, 0.5) is 0 Å². The van der Waals surface area contributed by atoms with Crippen LogP contribution in [0, 0.1) is 0 Å². The van der Waals surface area contributed by atoms with Gasteiger partial charge in [-0.1, -0.05) is 0 Å². The van der Waals surface area contributed by atoms with Crippen molar-refractivity contribution in [3.05, 3.63) is 18.2 Å². The van der Waals surface area contributed by atoms with Crippen molar-refractivity contribution in [3.8, 4) is 0 Å². The molecule has 0 atom stereocenters. The molecule has 0 aromatic carbocycles. The zero-order valence-electron chi connectivity index (χ0n) is 10.7. The molecule has 1 aliphatic heterocycles. The number of amides is 1. The minimum atomic E-state index is 0.0720. The first-order valence-electron chi connectivity index (χ1n) is 6.26. The van der Waals surface area contributed by atoms with Gasteiger partial charge in [-0.15, -0.1) is 11.6 Å². The first kappa shape index (κ1) is 13.4. The monoisotopic (exact) mass is 270 g/mol. The smallest absolute Gasteiger partial charge is 0.272 e. The number of hydrogen-bond acceptors (Lipinski definition) is 3. The van der Waals surface area contributed by atoms with Crippen molar-refractivity contribution in [3.63, 3.8) is 0 Å². The minimum absolute atomic E-state index is 0.0720. The molecule has 6 heteroatoms. The zero-order chi connectivity index (χ0) is 13.0. The fourth-order valence-corrected chi connectivity index (χ4v) is 2.48. The standard InChI is InChI=1S/C12H19ClN4O/c1-15-10-14-9-11(15)12(18)17-5-2-4-16(6-3-13)7-8-17/h9-10H,2-8H2,1H3. The van der Waals surface area contributed by atoms with Gasteiger partial charge in [0.05, 0.1) is 12.5 Å². The van der Waals surface area contributed by atoms with Gasteiger partial charge in [-0.2, -0.15) is 0 Å². The van der Waals surface area contributed by atoms with Crippen LogP contribution in [-0.4, -0.2) is 63.9 Å². The molecule has 0 unspecified atom stereocenters. The van der Waals surface area contributed by atoms with E-state index in [4.69, 9.17) is 11.6 Å². The zero-order valence-corrected chi connectivity index (χ0v) is 11.4. The second-order valence-electron chi connectivity index (χ2n) is 4.57. The number of aryl methyl sites for hydroxylation is 1. The summed E-state index contributed by atoms with van der Waals surface area (Å²) in [7, 11) is 1.85. The summed E-state index contributed by atoms with van der Waals surface area (Å²) in [5.41, 5.74) is 0.654. The van der Waals surface area contributed by atoms with E-state index in [2.05, 4.69) is 9.88 Å². The molecule has 1 fully saturated rings. The molecular formula is C12H19ClN4O. The molecule has 0 N–H and O–H groups in total. The second kappa shape index (κ2) is 6.20. The van der Waals surface area contributed by atoms with Gasteiger partial charge in [0, 0.05) is 39.1 Å². The van der Waals surface area contributed by atoms with Gasteiger partial charge >= 0.3 is 0 Å². The molecule has 1 aliphatic rings. The van der Waals surface area contributed by atoms with E-state index in [1.807, 2.05) is 11.9 Å². The molecule has 0 bridgehead atoms. The van der Waals surface area contributed by atoms with E-state index in [1.165, 1.54) is 0 Å². The summed E-state index contributed by atoms with van der Waals surface area (Å²) >= 11 is 5.76. The Kier molecular flexibility index (Phi) is 4.60. The Hall–Kier alpha value is -1.07. The van der Waals surface area contributed by atoms with Crippen LogP contribution in [0.1, 0.15) is 16.9 Å². The Labute approximate surface area is 112 Å². The van der Waals surface area contributed by atoms with E-state index < -0.39 is 0 Å². The fourth-order valence-electron chi connectivity index (χ4n) is 2.24. The minimum Gasteiger partial charge on any atom is -0.336 e. The van der Waals surface area contributed by atoms with Crippen LogP contribution >= 0.6 is 11.6 Å². The molecule has 2 rings (SSSR count). The maximum atomic E-state index is 12.3. The van der Waals surface area contributed by atoms with E-state index in [9.17, 15) is 4.79 Å². The number of hydrogen-bond donors (Lipinski definition) is 0. The first-order chi connectivity index (χ1) is 8.72. The highest BCUT2D eigenvalue weighted by atomic mass is 35.5. The largest absolute Gasteiger partial charge is 0.336 e. The maximum Gasteiger partial charge on any atom is 0.272 e. The summed E-state index contributed by atoms with van der Waals surface area (Å²) < 4.78 is 1.77. The summed E-state index contributed by atoms with van der Waals surface area (Å²) in [6.45, 7) is 4.39. The SMILES string of the molecule is Cn1cncc1C(=O)N1CCCN(CCCl)CC1. The predicted octanol–water partition coefficient (Wildman–Crippen LogP) is 0.807. The van der Waals surface area contributed by atoms with Crippen LogP contribution < -0.4 is 0 Å². The summed E-state index contributed by atoms with van der Waals surface area (Å²) in [5.74, 6) is 0.720. The van der Waals surface area contributed by atoms with Gasteiger partial charge in [-0.3, -0.25) is 4.79 Å². The van der Waals surface area contributed by atoms with E-state index in [0.29, 0.717) is 11.6 Å². The van der Waals surface area contributed by atoms with E-state index in [1.54, 1.807) is 17.1 Å². The number of rotatable bonds is 3. The molecular weight excluding hydrogens is 252 g/mol. The predicted molar refractivity (Wildman–Crippen MR) is 70.9 cm³/mol. The first-order valence-corrected chi connectivity index (χ1v) is 6.79. The molecule has 1 amide bonds. The molecule has 1 aromatic heterocycles. The quantitative estimate of drug-likeness (QED) is 0.763. The highest BCUT2D eigenvalue weighted by Gasteiger charge is 2.21. The van der Waals surface area contributed by atoms with Crippen molar-refractivity contribution in [2.24, 2.45) is 7.05 Å². The molecule has 0 aliphatic carbocycles. The third-order valence-electron chi connectivity index (χ3n) is 3.31. The Morgan fingerprint density at radius 1 is 1.39 bits per heavy atom. The molecule has 0 radical (unpaired) electrons. The Morgan fingerprint density at radius 2 is 2.22 bits per heavy atom. The molecule has 1 saturated heterocycles. The highest BCUT2D eigenvalue weighted by molar-refractivity contribution is 6.18. The van der Waals surface area contributed by atoms with Crippen molar-refractivity contribution in [1.82, 2.24) is 19.4 Å². The lowest BCUT2D eigenvalue weighted by atomic mass is 10.3. The van der Waals surface area contributed by atoms with Crippen molar-refractivity contribution >= 4 is 17.5 Å². The summed E-state index contributed by atoms with van der Waals surface area (Å²) in [6.07, 6.45) is 4.29. The van der Waals surface area contributed by atoms with Gasteiger partial charge in [0.2, 0.25) is 0 Å². The average Bonchev–Trinajstić information content (AvgIpc) is 2.64. The van der Waals surface area contributed by atoms with Crippen LogP contribution in [0.2, 0.25) is 0 Å². The second-order valence-corrected chi connectivity index (χ2v) is 4.94. The molecule has 1 aromatic rings. The highest BCUT2D eigenvalue weighted by Crippen LogP contribution is 2.08. The maximum absolute atomic E-state index is 12.3. The number of alkyl halides is 1. The molecule has 5 nitrogen and oxygen atoms in total. The van der Waals surface area contributed by atoms with Crippen molar-refractivity contribution in [2.45, 2.75) is 6.42 Å². The van der Waals surface area contributed by atoms with Crippen LogP contribution in [0.15, 0.2) is 12.5 Å². The number of halogens is 1. The lowest BCUT2D eigenvalue weighted by Crippen LogP contribution is -2.36. The van der Waals surface area contributed by atoms with Gasteiger partial charge in [0.15, 0.2) is 0 Å². The molecule has 100 valence electrons. The number of nitrogens with zero attached hydrogens (tertiary/aromatic N) is 4. The van der Waals surface area contributed by atoms with Gasteiger partial charge in [-0.25, -0.2) is 4.98 Å². The summed E-state index contributed by atoms with van der Waals surface area (Å²) in [4.78, 5) is 20.5. The fraction of sp³-hybridized carbons (Fsp3) is 0.667. The van der Waals surface area contributed by atoms with Gasteiger partial charge in [-0.05, 0) is 13.0 Å². The summed E-state index contributed by atoms with van der Waals surface area (Å²) in [5, 5.41) is 0. The lowest BCUT2D eigenvalue weighted by Gasteiger charge is -2.21. The molecule has 0 saturated carbocycles.